The Balaban J connectivity index is 0.000000136. The van der Waals surface area contributed by atoms with Crippen molar-refractivity contribution < 1.29 is 0 Å². The number of benzene rings is 1. The average molecular weight is 250 g/mol. The molecule has 1 aliphatic rings. The van der Waals surface area contributed by atoms with Gasteiger partial charge in [0.15, 0.2) is 0 Å². The lowest BCUT2D eigenvalue weighted by Crippen LogP contribution is -1.99. The predicted molar refractivity (Wildman–Crippen MR) is 75.6 cm³/mol. The molecule has 1 heterocycles. The van der Waals surface area contributed by atoms with E-state index in [0.29, 0.717) is 0 Å². The number of H-pyrrole nitrogens is 1. The van der Waals surface area contributed by atoms with Gasteiger partial charge in [0.1, 0.15) is 0 Å². The van der Waals surface area contributed by atoms with E-state index in [1.807, 2.05) is 30.5 Å². The third kappa shape index (κ3) is 3.78. The van der Waals surface area contributed by atoms with E-state index in [1.165, 1.54) is 32.1 Å². The molecule has 92 valence electrons. The van der Waals surface area contributed by atoms with Crippen molar-refractivity contribution in [3.63, 3.8) is 0 Å². The molecule has 1 saturated carbocycles. The first-order chi connectivity index (χ1) is 8.25. The molecule has 0 aliphatic heterocycles. The second kappa shape index (κ2) is 6.11. The lowest BCUT2D eigenvalue weighted by Gasteiger charge is -2.15. The number of halogens is 1. The fourth-order valence-corrected chi connectivity index (χ4v) is 2.51. The molecule has 1 nitrogen and oxygen atoms in total. The maximum absolute atomic E-state index is 5.76. The van der Waals surface area contributed by atoms with Crippen LogP contribution < -0.4 is 0 Å². The fourth-order valence-electron chi connectivity index (χ4n) is 2.33. The van der Waals surface area contributed by atoms with Crippen LogP contribution >= 0.6 is 11.6 Å². The van der Waals surface area contributed by atoms with Gasteiger partial charge in [-0.25, -0.2) is 0 Å². The van der Waals surface area contributed by atoms with Crippen LogP contribution in [0.4, 0.5) is 0 Å². The summed E-state index contributed by atoms with van der Waals surface area (Å²) in [5.74, 6) is 1.04. The first kappa shape index (κ1) is 12.5. The molecule has 1 fully saturated rings. The van der Waals surface area contributed by atoms with Gasteiger partial charge in [-0.3, -0.25) is 0 Å². The highest BCUT2D eigenvalue weighted by Crippen LogP contribution is 2.22. The Labute approximate surface area is 108 Å². The number of aromatic amines is 1. The zero-order chi connectivity index (χ0) is 12.1. The molecule has 2 aromatic rings. The summed E-state index contributed by atoms with van der Waals surface area (Å²) in [6.07, 6.45) is 9.34. The molecule has 0 radical (unpaired) electrons. The van der Waals surface area contributed by atoms with Crippen LogP contribution in [0.2, 0.25) is 5.02 Å². The Bertz CT molecular complexity index is 455. The van der Waals surface area contributed by atoms with Gasteiger partial charge in [0.2, 0.25) is 0 Å². The van der Waals surface area contributed by atoms with Crippen molar-refractivity contribution in [3.05, 3.63) is 35.5 Å². The molecule has 1 aromatic heterocycles. The summed E-state index contributed by atoms with van der Waals surface area (Å²) in [4.78, 5) is 3.09. The summed E-state index contributed by atoms with van der Waals surface area (Å²) < 4.78 is 0. The van der Waals surface area contributed by atoms with Crippen molar-refractivity contribution in [3.8, 4) is 0 Å². The Morgan fingerprint density at radius 1 is 1.12 bits per heavy atom. The van der Waals surface area contributed by atoms with Crippen LogP contribution in [-0.4, -0.2) is 4.98 Å². The molecule has 1 aliphatic carbocycles. The number of hydrogen-bond acceptors (Lipinski definition) is 0. The number of nitrogens with one attached hydrogen (secondary N) is 1. The van der Waals surface area contributed by atoms with E-state index in [1.54, 1.807) is 0 Å². The average Bonchev–Trinajstić information content (AvgIpc) is 2.78. The van der Waals surface area contributed by atoms with Crippen molar-refractivity contribution >= 4 is 22.5 Å². The molecule has 0 atom stereocenters. The maximum atomic E-state index is 5.76. The van der Waals surface area contributed by atoms with Crippen LogP contribution in [0.25, 0.3) is 10.9 Å². The normalized spacial score (nSPS) is 16.6. The number of fused-ring (bicyclic) bond motifs is 1. The van der Waals surface area contributed by atoms with Crippen LogP contribution in [0.5, 0.6) is 0 Å². The van der Waals surface area contributed by atoms with Crippen molar-refractivity contribution in [2.45, 2.75) is 39.0 Å². The van der Waals surface area contributed by atoms with Gasteiger partial charge in [-0.15, -0.1) is 0 Å². The monoisotopic (exact) mass is 249 g/mol. The number of aromatic nitrogens is 1. The van der Waals surface area contributed by atoms with Crippen molar-refractivity contribution in [1.82, 2.24) is 4.98 Å². The minimum absolute atomic E-state index is 0.784. The van der Waals surface area contributed by atoms with E-state index in [0.717, 1.165) is 21.8 Å². The number of rotatable bonds is 0. The van der Waals surface area contributed by atoms with Gasteiger partial charge in [0, 0.05) is 22.1 Å². The van der Waals surface area contributed by atoms with Crippen molar-refractivity contribution in [2.24, 2.45) is 5.92 Å². The summed E-state index contributed by atoms with van der Waals surface area (Å²) in [6.45, 7) is 2.36. The van der Waals surface area contributed by atoms with E-state index in [-0.39, 0.29) is 0 Å². The molecule has 0 spiro atoms. The SMILES string of the molecule is CC1CCCCC1.Clc1ccc2[nH]ccc2c1. The molecular weight excluding hydrogens is 230 g/mol. The standard InChI is InChI=1S/C8H6ClN.C7H14/c9-7-1-2-8-6(5-7)3-4-10-8;1-7-5-3-2-4-6-7/h1-5,10H;7H,2-6H2,1H3. The Hall–Kier alpha value is -0.950. The van der Waals surface area contributed by atoms with Crippen LogP contribution in [0.3, 0.4) is 0 Å². The first-order valence-corrected chi connectivity index (χ1v) is 6.86. The second-order valence-electron chi connectivity index (χ2n) is 4.95. The molecule has 2 heteroatoms. The highest BCUT2D eigenvalue weighted by atomic mass is 35.5. The van der Waals surface area contributed by atoms with Crippen molar-refractivity contribution in [2.75, 3.05) is 0 Å². The van der Waals surface area contributed by atoms with Gasteiger partial charge < -0.3 is 4.98 Å². The van der Waals surface area contributed by atoms with Crippen molar-refractivity contribution in [1.29, 1.82) is 0 Å². The molecule has 3 rings (SSSR count). The molecule has 1 aromatic carbocycles. The smallest absolute Gasteiger partial charge is 0.0454 e. The Morgan fingerprint density at radius 2 is 1.88 bits per heavy atom. The molecule has 0 saturated heterocycles. The first-order valence-electron chi connectivity index (χ1n) is 6.48. The van der Waals surface area contributed by atoms with Gasteiger partial charge in [0.25, 0.3) is 0 Å². The van der Waals surface area contributed by atoms with E-state index in [2.05, 4.69) is 11.9 Å². The summed E-state index contributed by atoms with van der Waals surface area (Å²) in [6, 6.07) is 7.78. The number of hydrogen-bond donors (Lipinski definition) is 1. The largest absolute Gasteiger partial charge is 0.361 e. The minimum Gasteiger partial charge on any atom is -0.361 e. The maximum Gasteiger partial charge on any atom is 0.0454 e. The summed E-state index contributed by atoms with van der Waals surface area (Å²) >= 11 is 5.76. The van der Waals surface area contributed by atoms with Crippen LogP contribution in [0.15, 0.2) is 30.5 Å². The molecule has 17 heavy (non-hydrogen) atoms. The molecule has 1 N–H and O–H groups in total. The second-order valence-corrected chi connectivity index (χ2v) is 5.39. The zero-order valence-corrected chi connectivity index (χ0v) is 11.1. The Morgan fingerprint density at radius 3 is 2.53 bits per heavy atom. The third-order valence-electron chi connectivity index (χ3n) is 3.41. The van der Waals surface area contributed by atoms with Crippen LogP contribution in [0.1, 0.15) is 39.0 Å². The highest BCUT2D eigenvalue weighted by Gasteiger charge is 2.05. The van der Waals surface area contributed by atoms with Gasteiger partial charge in [-0.1, -0.05) is 50.6 Å². The predicted octanol–water partition coefficient (Wildman–Crippen LogP) is 5.41. The highest BCUT2D eigenvalue weighted by molar-refractivity contribution is 6.31. The summed E-state index contributed by atoms with van der Waals surface area (Å²) in [5.41, 5.74) is 1.13. The van der Waals surface area contributed by atoms with Gasteiger partial charge in [-0.05, 0) is 30.2 Å². The van der Waals surface area contributed by atoms with E-state index >= 15 is 0 Å². The topological polar surface area (TPSA) is 15.8 Å². The zero-order valence-electron chi connectivity index (χ0n) is 10.4. The van der Waals surface area contributed by atoms with Crippen LogP contribution in [-0.2, 0) is 0 Å². The van der Waals surface area contributed by atoms with E-state index < -0.39 is 0 Å². The molecule has 0 unspecified atom stereocenters. The van der Waals surface area contributed by atoms with Gasteiger partial charge in [0.05, 0.1) is 0 Å². The van der Waals surface area contributed by atoms with E-state index in [4.69, 9.17) is 11.6 Å². The molecule has 0 amide bonds. The lowest BCUT2D eigenvalue weighted by atomic mass is 9.91. The Kier molecular flexibility index (Phi) is 4.49. The van der Waals surface area contributed by atoms with E-state index in [9.17, 15) is 0 Å². The molecular formula is C15H20ClN. The van der Waals surface area contributed by atoms with Gasteiger partial charge >= 0.3 is 0 Å². The van der Waals surface area contributed by atoms with Gasteiger partial charge in [-0.2, -0.15) is 0 Å². The molecule has 0 bridgehead atoms. The third-order valence-corrected chi connectivity index (χ3v) is 3.64. The summed E-state index contributed by atoms with van der Waals surface area (Å²) in [5, 5.41) is 1.94. The minimum atomic E-state index is 0.784. The lowest BCUT2D eigenvalue weighted by molar-refractivity contribution is 0.385. The summed E-state index contributed by atoms with van der Waals surface area (Å²) in [7, 11) is 0. The fraction of sp³-hybridized carbons (Fsp3) is 0.467. The quantitative estimate of drug-likeness (QED) is 0.643. The van der Waals surface area contributed by atoms with Crippen LogP contribution in [0, 0.1) is 5.92 Å².